The van der Waals surface area contributed by atoms with E-state index in [1.54, 1.807) is 4.57 Å². The number of nitrogens with one attached hydrogen (secondary N) is 1. The monoisotopic (exact) mass is 526 g/mol. The van der Waals surface area contributed by atoms with E-state index in [1.807, 2.05) is 42.1 Å². The Hall–Kier alpha value is -1.83. The van der Waals surface area contributed by atoms with Gasteiger partial charge in [0.05, 0.1) is 5.03 Å². The molecule has 3 aliphatic rings. The van der Waals surface area contributed by atoms with Crippen LogP contribution >= 0.6 is 39.0 Å². The Morgan fingerprint density at radius 3 is 2.72 bits per heavy atom. The molecule has 0 spiro atoms. The number of halogens is 1. The second kappa shape index (κ2) is 8.19. The fraction of sp³-hybridized carbons (Fsp3) is 0.360. The molecule has 7 heteroatoms. The van der Waals surface area contributed by atoms with Crippen LogP contribution in [-0.4, -0.2) is 15.7 Å². The van der Waals surface area contributed by atoms with E-state index in [0.717, 1.165) is 31.9 Å². The highest BCUT2D eigenvalue weighted by Gasteiger charge is 2.55. The maximum Gasteiger partial charge on any atom is 0.308 e. The van der Waals surface area contributed by atoms with Crippen molar-refractivity contribution in [2.45, 2.75) is 42.0 Å². The van der Waals surface area contributed by atoms with Gasteiger partial charge in [-0.3, -0.25) is 14.2 Å². The second-order valence-electron chi connectivity index (χ2n) is 9.06. The number of para-hydroxylation sites is 1. The zero-order valence-electron chi connectivity index (χ0n) is 17.4. The van der Waals surface area contributed by atoms with E-state index in [2.05, 4.69) is 45.5 Å². The van der Waals surface area contributed by atoms with Crippen molar-refractivity contribution >= 4 is 50.6 Å². The molecule has 1 amide bonds. The Bertz CT molecular complexity index is 1240. The minimum Gasteiger partial charge on any atom is -0.325 e. The minimum absolute atomic E-state index is 0.0296. The molecular formula is C25H23BrN2O2S2. The lowest BCUT2D eigenvalue weighted by Crippen LogP contribution is -2.34. The van der Waals surface area contributed by atoms with Crippen LogP contribution < -0.4 is 10.2 Å². The topological polar surface area (TPSA) is 51.1 Å². The summed E-state index contributed by atoms with van der Waals surface area (Å²) in [5, 5.41) is 4.47. The van der Waals surface area contributed by atoms with Gasteiger partial charge < -0.3 is 5.32 Å². The minimum atomic E-state index is -0.159. The SMILES string of the molecule is O=C(Cn1c2c(sc1=O)C(c1cccc(Br)c1)C1C3CCC(C3)C1S2)Nc1ccccc1. The molecule has 2 heterocycles. The third kappa shape index (κ3) is 3.49. The first-order valence-electron chi connectivity index (χ1n) is 11.1. The van der Waals surface area contributed by atoms with Crippen molar-refractivity contribution in [2.75, 3.05) is 5.32 Å². The highest BCUT2D eigenvalue weighted by molar-refractivity contribution is 9.10. The predicted molar refractivity (Wildman–Crippen MR) is 134 cm³/mol. The lowest BCUT2D eigenvalue weighted by Gasteiger charge is -2.40. The molecule has 2 fully saturated rings. The van der Waals surface area contributed by atoms with Crippen LogP contribution in [0.3, 0.4) is 0 Å². The van der Waals surface area contributed by atoms with Crippen molar-refractivity contribution in [2.24, 2.45) is 17.8 Å². The Kier molecular flexibility index (Phi) is 5.31. The van der Waals surface area contributed by atoms with Gasteiger partial charge in [-0.05, 0) is 66.8 Å². The molecule has 3 aromatic rings. The highest BCUT2D eigenvalue weighted by Crippen LogP contribution is 2.64. The normalized spacial score (nSPS) is 27.7. The third-order valence-electron chi connectivity index (χ3n) is 7.26. The number of carbonyl (C=O) groups is 1. The number of thiazole rings is 1. The molecule has 4 nitrogen and oxygen atoms in total. The number of hydrogen-bond acceptors (Lipinski definition) is 4. The molecule has 2 aliphatic carbocycles. The molecule has 5 unspecified atom stereocenters. The van der Waals surface area contributed by atoms with E-state index in [1.165, 1.54) is 36.2 Å². The predicted octanol–water partition coefficient (Wildman–Crippen LogP) is 5.96. The number of fused-ring (bicyclic) bond motifs is 6. The van der Waals surface area contributed by atoms with E-state index in [9.17, 15) is 9.59 Å². The first-order chi connectivity index (χ1) is 15.6. The molecule has 0 saturated heterocycles. The summed E-state index contributed by atoms with van der Waals surface area (Å²) in [5.74, 6) is 2.11. The summed E-state index contributed by atoms with van der Waals surface area (Å²) in [6.07, 6.45) is 3.91. The molecule has 0 radical (unpaired) electrons. The smallest absolute Gasteiger partial charge is 0.308 e. The number of carbonyl (C=O) groups excluding carboxylic acids is 1. The van der Waals surface area contributed by atoms with Crippen molar-refractivity contribution < 1.29 is 4.79 Å². The summed E-state index contributed by atoms with van der Waals surface area (Å²) < 4.78 is 2.79. The van der Waals surface area contributed by atoms with Gasteiger partial charge in [0.1, 0.15) is 6.54 Å². The summed E-state index contributed by atoms with van der Waals surface area (Å²) in [4.78, 5) is 27.0. The van der Waals surface area contributed by atoms with Crippen LogP contribution in [0, 0.1) is 17.8 Å². The Morgan fingerprint density at radius 1 is 1.09 bits per heavy atom. The molecule has 32 heavy (non-hydrogen) atoms. The summed E-state index contributed by atoms with van der Waals surface area (Å²) in [7, 11) is 0. The number of aromatic nitrogens is 1. The van der Waals surface area contributed by atoms with Crippen molar-refractivity contribution in [3.63, 3.8) is 0 Å². The van der Waals surface area contributed by atoms with E-state index >= 15 is 0 Å². The van der Waals surface area contributed by atoms with E-state index in [4.69, 9.17) is 0 Å². The Labute approximate surface area is 203 Å². The van der Waals surface area contributed by atoms with Gasteiger partial charge in [-0.2, -0.15) is 0 Å². The van der Waals surface area contributed by atoms with Gasteiger partial charge in [0.2, 0.25) is 5.91 Å². The van der Waals surface area contributed by atoms with Crippen LogP contribution in [-0.2, 0) is 11.3 Å². The van der Waals surface area contributed by atoms with Crippen LogP contribution in [0.15, 0.2) is 68.9 Å². The molecule has 2 saturated carbocycles. The van der Waals surface area contributed by atoms with Crippen LogP contribution in [0.2, 0.25) is 0 Å². The number of amides is 1. The molecule has 164 valence electrons. The maximum atomic E-state index is 13.1. The van der Waals surface area contributed by atoms with Crippen molar-refractivity contribution in [1.82, 2.24) is 4.57 Å². The summed E-state index contributed by atoms with van der Waals surface area (Å²) >= 11 is 6.86. The standard InChI is InChI=1S/C25H23BrN2O2S2/c26-17-6-4-5-14(12-17)21-20-15-9-10-16(11-15)22(20)31-24-23(21)32-25(30)28(24)13-19(29)27-18-7-2-1-3-8-18/h1-8,12,15-16,20-22H,9-11,13H2,(H,27,29). The van der Waals surface area contributed by atoms with Gasteiger partial charge >= 0.3 is 4.87 Å². The quantitative estimate of drug-likeness (QED) is 0.456. The number of rotatable bonds is 4. The van der Waals surface area contributed by atoms with E-state index < -0.39 is 0 Å². The molecule has 5 atom stereocenters. The van der Waals surface area contributed by atoms with Gasteiger partial charge in [0, 0.05) is 26.2 Å². The van der Waals surface area contributed by atoms with Crippen molar-refractivity contribution in [1.29, 1.82) is 0 Å². The average Bonchev–Trinajstić information content (AvgIpc) is 3.47. The van der Waals surface area contributed by atoms with Gasteiger partial charge in [-0.25, -0.2) is 0 Å². The molecule has 1 N–H and O–H groups in total. The Balaban J connectivity index is 1.39. The number of thioether (sulfide) groups is 1. The average molecular weight is 528 g/mol. The van der Waals surface area contributed by atoms with Gasteiger partial charge in [-0.1, -0.05) is 57.6 Å². The molecule has 1 aromatic heterocycles. The van der Waals surface area contributed by atoms with Crippen LogP contribution in [0.5, 0.6) is 0 Å². The third-order valence-corrected chi connectivity index (χ3v) is 10.6. The molecule has 6 rings (SSSR count). The molecule has 1 aliphatic heterocycles. The van der Waals surface area contributed by atoms with Crippen molar-refractivity contribution in [3.8, 4) is 0 Å². The number of benzene rings is 2. The summed E-state index contributed by atoms with van der Waals surface area (Å²) in [6, 6.07) is 18.0. The summed E-state index contributed by atoms with van der Waals surface area (Å²) in [5.41, 5.74) is 2.04. The lowest BCUT2D eigenvalue weighted by atomic mass is 9.75. The van der Waals surface area contributed by atoms with E-state index in [0.29, 0.717) is 11.2 Å². The van der Waals surface area contributed by atoms with Crippen LogP contribution in [0.4, 0.5) is 5.69 Å². The first-order valence-corrected chi connectivity index (χ1v) is 13.6. The van der Waals surface area contributed by atoms with Gasteiger partial charge in [0.25, 0.3) is 0 Å². The fourth-order valence-electron chi connectivity index (χ4n) is 6.03. The number of anilines is 1. The van der Waals surface area contributed by atoms with Gasteiger partial charge in [-0.15, -0.1) is 11.8 Å². The molecular weight excluding hydrogens is 504 g/mol. The molecule has 2 bridgehead atoms. The molecule has 2 aromatic carbocycles. The summed E-state index contributed by atoms with van der Waals surface area (Å²) in [6.45, 7) is 0.0588. The fourth-order valence-corrected chi connectivity index (χ4v) is 9.59. The van der Waals surface area contributed by atoms with E-state index in [-0.39, 0.29) is 23.2 Å². The maximum absolute atomic E-state index is 13.1. The Morgan fingerprint density at radius 2 is 1.91 bits per heavy atom. The highest BCUT2D eigenvalue weighted by atomic mass is 79.9. The van der Waals surface area contributed by atoms with Crippen molar-refractivity contribution in [3.05, 3.63) is 79.2 Å². The van der Waals surface area contributed by atoms with Crippen LogP contribution in [0.1, 0.15) is 35.6 Å². The zero-order valence-corrected chi connectivity index (χ0v) is 20.6. The first kappa shape index (κ1) is 20.8. The largest absolute Gasteiger partial charge is 0.325 e. The van der Waals surface area contributed by atoms with Crippen LogP contribution in [0.25, 0.3) is 0 Å². The van der Waals surface area contributed by atoms with Gasteiger partial charge in [0.15, 0.2) is 0 Å². The number of hydrogen-bond donors (Lipinski definition) is 1. The second-order valence-corrected chi connectivity index (χ2v) is 12.1. The number of nitrogens with zero attached hydrogens (tertiary/aromatic N) is 1. The zero-order chi connectivity index (χ0) is 21.8. The lowest BCUT2D eigenvalue weighted by molar-refractivity contribution is -0.116.